The van der Waals surface area contributed by atoms with Crippen LogP contribution in [0, 0.1) is 6.92 Å². The zero-order valence-electron chi connectivity index (χ0n) is 8.57. The molecule has 0 radical (unpaired) electrons. The van der Waals surface area contributed by atoms with Crippen LogP contribution in [0.1, 0.15) is 5.56 Å². The van der Waals surface area contributed by atoms with E-state index in [1.54, 1.807) is 0 Å². The minimum Gasteiger partial charge on any atom is -0.264 e. The summed E-state index contributed by atoms with van der Waals surface area (Å²) < 4.78 is 0. The van der Waals surface area contributed by atoms with E-state index in [-0.39, 0.29) is 0 Å². The summed E-state index contributed by atoms with van der Waals surface area (Å²) in [6.07, 6.45) is 3.85. The average molecular weight is 193 g/mol. The zero-order valence-corrected chi connectivity index (χ0v) is 8.57. The zero-order chi connectivity index (χ0) is 10.3. The smallest absolute Gasteiger partial charge is 0.0346 e. The van der Waals surface area contributed by atoms with E-state index in [1.807, 2.05) is 12.4 Å². The molecule has 0 spiro atoms. The standard InChI is InChI=1S/C14H11N/c1-10-8-15-9-12-7-6-11-4-2-3-5-13(11)14(10)12/h2-9H,1H3. The molecule has 0 bridgehead atoms. The third-order valence-corrected chi connectivity index (χ3v) is 2.84. The van der Waals surface area contributed by atoms with Gasteiger partial charge in [0.25, 0.3) is 0 Å². The average Bonchev–Trinajstić information content (AvgIpc) is 2.29. The molecule has 2 aromatic carbocycles. The fourth-order valence-electron chi connectivity index (χ4n) is 2.13. The highest BCUT2D eigenvalue weighted by molar-refractivity contribution is 6.08. The first-order valence-corrected chi connectivity index (χ1v) is 5.08. The maximum Gasteiger partial charge on any atom is 0.0346 e. The molecule has 0 aliphatic rings. The molecule has 0 aliphatic heterocycles. The molecule has 0 N–H and O–H groups in total. The quantitative estimate of drug-likeness (QED) is 0.496. The highest BCUT2D eigenvalue weighted by Crippen LogP contribution is 2.26. The van der Waals surface area contributed by atoms with Gasteiger partial charge in [0.15, 0.2) is 0 Å². The SMILES string of the molecule is Cc1cncc2ccc3ccccc3c12. The Morgan fingerprint density at radius 2 is 1.67 bits per heavy atom. The molecule has 0 unspecified atom stereocenters. The minimum atomic E-state index is 1.22. The van der Waals surface area contributed by atoms with E-state index in [1.165, 1.54) is 27.1 Å². The van der Waals surface area contributed by atoms with Gasteiger partial charge in [0.1, 0.15) is 0 Å². The van der Waals surface area contributed by atoms with E-state index >= 15 is 0 Å². The van der Waals surface area contributed by atoms with Crippen molar-refractivity contribution in [1.29, 1.82) is 0 Å². The van der Waals surface area contributed by atoms with Crippen molar-refractivity contribution >= 4 is 21.5 Å². The van der Waals surface area contributed by atoms with Gasteiger partial charge in [0, 0.05) is 17.8 Å². The van der Waals surface area contributed by atoms with Gasteiger partial charge in [-0.25, -0.2) is 0 Å². The monoisotopic (exact) mass is 193 g/mol. The maximum absolute atomic E-state index is 4.22. The number of benzene rings is 2. The second-order valence-electron chi connectivity index (χ2n) is 3.84. The molecule has 3 aromatic rings. The van der Waals surface area contributed by atoms with Crippen LogP contribution >= 0.6 is 0 Å². The molecule has 1 aromatic heterocycles. The van der Waals surface area contributed by atoms with Crippen LogP contribution in [0.15, 0.2) is 48.8 Å². The second kappa shape index (κ2) is 3.06. The van der Waals surface area contributed by atoms with E-state index in [2.05, 4.69) is 48.3 Å². The van der Waals surface area contributed by atoms with Gasteiger partial charge in [-0.3, -0.25) is 4.98 Å². The number of rotatable bonds is 0. The number of hydrogen-bond donors (Lipinski definition) is 0. The molecule has 3 rings (SSSR count). The third kappa shape index (κ3) is 1.20. The molecule has 0 amide bonds. The van der Waals surface area contributed by atoms with Gasteiger partial charge in [-0.1, -0.05) is 36.4 Å². The first kappa shape index (κ1) is 8.42. The summed E-state index contributed by atoms with van der Waals surface area (Å²) in [4.78, 5) is 4.22. The molecule has 1 nitrogen and oxygen atoms in total. The van der Waals surface area contributed by atoms with Crippen molar-refractivity contribution in [1.82, 2.24) is 4.98 Å². The van der Waals surface area contributed by atoms with Crippen LogP contribution in [-0.2, 0) is 0 Å². The largest absolute Gasteiger partial charge is 0.264 e. The molecule has 1 heterocycles. The van der Waals surface area contributed by atoms with Crippen molar-refractivity contribution in [3.63, 3.8) is 0 Å². The predicted octanol–water partition coefficient (Wildman–Crippen LogP) is 3.70. The predicted molar refractivity (Wildman–Crippen MR) is 64.0 cm³/mol. The lowest BCUT2D eigenvalue weighted by molar-refractivity contribution is 1.31. The summed E-state index contributed by atoms with van der Waals surface area (Å²) in [5.41, 5.74) is 1.24. The van der Waals surface area contributed by atoms with Gasteiger partial charge in [0.05, 0.1) is 0 Å². The van der Waals surface area contributed by atoms with Crippen molar-refractivity contribution < 1.29 is 0 Å². The molecule has 0 fully saturated rings. The normalized spacial score (nSPS) is 11.0. The first-order valence-electron chi connectivity index (χ1n) is 5.08. The van der Waals surface area contributed by atoms with Gasteiger partial charge in [-0.2, -0.15) is 0 Å². The molecule has 72 valence electrons. The number of nitrogens with zero attached hydrogens (tertiary/aromatic N) is 1. The van der Waals surface area contributed by atoms with Crippen LogP contribution in [0.2, 0.25) is 0 Å². The van der Waals surface area contributed by atoms with Crippen LogP contribution in [0.5, 0.6) is 0 Å². The number of aryl methyl sites for hydroxylation is 1. The molecule has 15 heavy (non-hydrogen) atoms. The number of fused-ring (bicyclic) bond motifs is 3. The highest BCUT2D eigenvalue weighted by Gasteiger charge is 2.01. The first-order chi connectivity index (χ1) is 7.36. The van der Waals surface area contributed by atoms with Crippen molar-refractivity contribution in [2.75, 3.05) is 0 Å². The molecular weight excluding hydrogens is 182 g/mol. The maximum atomic E-state index is 4.22. The lowest BCUT2D eigenvalue weighted by Gasteiger charge is -2.05. The molecule has 0 aliphatic carbocycles. The van der Waals surface area contributed by atoms with Gasteiger partial charge in [-0.15, -0.1) is 0 Å². The summed E-state index contributed by atoms with van der Waals surface area (Å²) in [6, 6.07) is 12.8. The van der Waals surface area contributed by atoms with Gasteiger partial charge >= 0.3 is 0 Å². The summed E-state index contributed by atoms with van der Waals surface area (Å²) in [6.45, 7) is 2.11. The van der Waals surface area contributed by atoms with Crippen molar-refractivity contribution in [2.24, 2.45) is 0 Å². The fourth-order valence-corrected chi connectivity index (χ4v) is 2.13. The van der Waals surface area contributed by atoms with Crippen molar-refractivity contribution in [2.45, 2.75) is 6.92 Å². The summed E-state index contributed by atoms with van der Waals surface area (Å²) in [7, 11) is 0. The van der Waals surface area contributed by atoms with Crippen LogP contribution in [0.4, 0.5) is 0 Å². The molecule has 0 saturated heterocycles. The lowest BCUT2D eigenvalue weighted by Crippen LogP contribution is -1.83. The van der Waals surface area contributed by atoms with E-state index in [0.29, 0.717) is 0 Å². The van der Waals surface area contributed by atoms with E-state index in [0.717, 1.165) is 0 Å². The Hall–Kier alpha value is -1.89. The number of pyridine rings is 1. The van der Waals surface area contributed by atoms with E-state index in [9.17, 15) is 0 Å². The van der Waals surface area contributed by atoms with E-state index in [4.69, 9.17) is 0 Å². The third-order valence-electron chi connectivity index (χ3n) is 2.84. The minimum absolute atomic E-state index is 1.22. The van der Waals surface area contributed by atoms with Crippen molar-refractivity contribution in [3.05, 3.63) is 54.4 Å². The molecular formula is C14H11N. The Morgan fingerprint density at radius 3 is 2.60 bits per heavy atom. The molecule has 1 heteroatoms. The van der Waals surface area contributed by atoms with Crippen molar-refractivity contribution in [3.8, 4) is 0 Å². The number of aromatic nitrogens is 1. The molecule has 0 saturated carbocycles. The fraction of sp³-hybridized carbons (Fsp3) is 0.0714. The summed E-state index contributed by atoms with van der Waals surface area (Å²) in [5.74, 6) is 0. The second-order valence-corrected chi connectivity index (χ2v) is 3.84. The number of hydrogen-bond acceptors (Lipinski definition) is 1. The van der Waals surface area contributed by atoms with Gasteiger partial charge in [0.2, 0.25) is 0 Å². The lowest BCUT2D eigenvalue weighted by atomic mass is 10.0. The Morgan fingerprint density at radius 1 is 0.867 bits per heavy atom. The van der Waals surface area contributed by atoms with Crippen LogP contribution < -0.4 is 0 Å². The topological polar surface area (TPSA) is 12.9 Å². The van der Waals surface area contributed by atoms with Crippen LogP contribution in [0.3, 0.4) is 0 Å². The van der Waals surface area contributed by atoms with Gasteiger partial charge in [-0.05, 0) is 28.6 Å². The Bertz CT molecular complexity index is 641. The summed E-state index contributed by atoms with van der Waals surface area (Å²) in [5, 5.41) is 5.14. The molecule has 0 atom stereocenters. The van der Waals surface area contributed by atoms with Gasteiger partial charge < -0.3 is 0 Å². The Labute approximate surface area is 88.4 Å². The Kier molecular flexibility index (Phi) is 1.72. The highest BCUT2D eigenvalue weighted by atomic mass is 14.6. The van der Waals surface area contributed by atoms with Crippen LogP contribution in [-0.4, -0.2) is 4.98 Å². The van der Waals surface area contributed by atoms with E-state index < -0.39 is 0 Å². The van der Waals surface area contributed by atoms with Crippen LogP contribution in [0.25, 0.3) is 21.5 Å². The summed E-state index contributed by atoms with van der Waals surface area (Å²) >= 11 is 0. The Balaban J connectivity index is 2.64.